The highest BCUT2D eigenvalue weighted by molar-refractivity contribution is 6.30. The van der Waals surface area contributed by atoms with E-state index in [2.05, 4.69) is 11.8 Å². The molecule has 0 aliphatic carbocycles. The third-order valence-corrected chi connectivity index (χ3v) is 4.86. The van der Waals surface area contributed by atoms with E-state index >= 15 is 0 Å². The molecular weight excluding hydrogens is 287 g/mol. The van der Waals surface area contributed by atoms with E-state index in [1.165, 1.54) is 38.2 Å². The van der Waals surface area contributed by atoms with E-state index in [-0.39, 0.29) is 16.9 Å². The lowest BCUT2D eigenvalue weighted by molar-refractivity contribution is 0.206. The zero-order valence-electron chi connectivity index (χ0n) is 12.8. The Kier molecular flexibility index (Phi) is 6.46. The van der Waals surface area contributed by atoms with Crippen molar-refractivity contribution in [3.05, 3.63) is 34.6 Å². The van der Waals surface area contributed by atoms with Crippen molar-refractivity contribution >= 4 is 11.6 Å². The highest BCUT2D eigenvalue weighted by Gasteiger charge is 2.23. The Morgan fingerprint density at radius 1 is 1.38 bits per heavy atom. The second-order valence-corrected chi connectivity index (χ2v) is 6.45. The van der Waals surface area contributed by atoms with Gasteiger partial charge in [-0.05, 0) is 56.0 Å². The molecule has 0 saturated carbocycles. The highest BCUT2D eigenvalue weighted by atomic mass is 35.5. The minimum Gasteiger partial charge on any atom is -0.329 e. The molecule has 1 heterocycles. The minimum atomic E-state index is -0.366. The van der Waals surface area contributed by atoms with Gasteiger partial charge in [0.05, 0.1) is 5.02 Å². The Hall–Kier alpha value is -0.640. The smallest absolute Gasteiger partial charge is 0.141 e. The van der Waals surface area contributed by atoms with Gasteiger partial charge in [-0.1, -0.05) is 37.4 Å². The predicted molar refractivity (Wildman–Crippen MR) is 87.0 cm³/mol. The molecule has 21 heavy (non-hydrogen) atoms. The molecule has 1 aromatic rings. The summed E-state index contributed by atoms with van der Waals surface area (Å²) in [5, 5.41) is 0.185. The van der Waals surface area contributed by atoms with Crippen LogP contribution in [-0.2, 0) is 0 Å². The van der Waals surface area contributed by atoms with Gasteiger partial charge >= 0.3 is 0 Å². The molecule has 2 atom stereocenters. The molecule has 0 radical (unpaired) electrons. The summed E-state index contributed by atoms with van der Waals surface area (Å²) < 4.78 is 13.3. The van der Waals surface area contributed by atoms with Crippen LogP contribution < -0.4 is 5.73 Å². The molecule has 4 heteroatoms. The van der Waals surface area contributed by atoms with Crippen LogP contribution in [0.1, 0.15) is 50.6 Å². The summed E-state index contributed by atoms with van der Waals surface area (Å²) in [4.78, 5) is 2.44. The molecule has 2 unspecified atom stereocenters. The maximum absolute atomic E-state index is 13.3. The zero-order valence-corrected chi connectivity index (χ0v) is 13.6. The fourth-order valence-electron chi connectivity index (χ4n) is 3.41. The van der Waals surface area contributed by atoms with Crippen LogP contribution >= 0.6 is 11.6 Å². The number of hydrogen-bond acceptors (Lipinski definition) is 2. The molecule has 0 spiro atoms. The summed E-state index contributed by atoms with van der Waals surface area (Å²) in [5.41, 5.74) is 7.02. The molecule has 1 aliphatic heterocycles. The second-order valence-electron chi connectivity index (χ2n) is 6.05. The highest BCUT2D eigenvalue weighted by Crippen LogP contribution is 2.29. The van der Waals surface area contributed by atoms with Crippen molar-refractivity contribution in [3.8, 4) is 0 Å². The minimum absolute atomic E-state index is 0.142. The fraction of sp³-hybridized carbons (Fsp3) is 0.647. The Bertz CT molecular complexity index is 452. The summed E-state index contributed by atoms with van der Waals surface area (Å²) in [7, 11) is 0. The van der Waals surface area contributed by atoms with Gasteiger partial charge in [-0.25, -0.2) is 4.39 Å². The number of nitrogens with two attached hydrogens (primary N) is 1. The summed E-state index contributed by atoms with van der Waals surface area (Å²) in [6.07, 6.45) is 6.35. The molecule has 2 rings (SSSR count). The Morgan fingerprint density at radius 3 is 2.86 bits per heavy atom. The maximum atomic E-state index is 13.3. The molecule has 1 aliphatic rings. The average Bonchev–Trinajstić information content (AvgIpc) is 2.70. The van der Waals surface area contributed by atoms with Crippen molar-refractivity contribution in [2.45, 2.75) is 45.1 Å². The van der Waals surface area contributed by atoms with Crippen LogP contribution in [-0.4, -0.2) is 24.5 Å². The van der Waals surface area contributed by atoms with Gasteiger partial charge in [0.1, 0.15) is 5.82 Å². The summed E-state index contributed by atoms with van der Waals surface area (Å²) >= 11 is 5.92. The first kappa shape index (κ1) is 16.7. The van der Waals surface area contributed by atoms with Gasteiger partial charge in [-0.3, -0.25) is 4.90 Å². The molecule has 1 aromatic carbocycles. The second kappa shape index (κ2) is 8.11. The third-order valence-electron chi connectivity index (χ3n) is 4.57. The quantitative estimate of drug-likeness (QED) is 0.874. The van der Waals surface area contributed by atoms with Gasteiger partial charge in [-0.2, -0.15) is 0 Å². The lowest BCUT2D eigenvalue weighted by Gasteiger charge is -2.30. The molecule has 2 N–H and O–H groups in total. The van der Waals surface area contributed by atoms with E-state index in [4.69, 9.17) is 17.3 Å². The normalized spacial score (nSPS) is 22.0. The summed E-state index contributed by atoms with van der Waals surface area (Å²) in [6.45, 7) is 4.94. The monoisotopic (exact) mass is 312 g/mol. The van der Waals surface area contributed by atoms with Crippen LogP contribution in [0.2, 0.25) is 5.02 Å². The number of hydrogen-bond donors (Lipinski definition) is 1. The van der Waals surface area contributed by atoms with Gasteiger partial charge in [0.25, 0.3) is 0 Å². The van der Waals surface area contributed by atoms with Crippen molar-refractivity contribution in [2.24, 2.45) is 11.7 Å². The van der Waals surface area contributed by atoms with Gasteiger partial charge in [-0.15, -0.1) is 0 Å². The van der Waals surface area contributed by atoms with E-state index in [0.717, 1.165) is 24.6 Å². The lowest BCUT2D eigenvalue weighted by Crippen LogP contribution is -2.34. The van der Waals surface area contributed by atoms with Gasteiger partial charge in [0.15, 0.2) is 0 Å². The Labute approximate surface area is 132 Å². The first-order chi connectivity index (χ1) is 10.2. The molecule has 1 saturated heterocycles. The topological polar surface area (TPSA) is 29.3 Å². The molecule has 0 amide bonds. The van der Waals surface area contributed by atoms with Crippen LogP contribution in [0.15, 0.2) is 18.2 Å². The fourth-order valence-corrected chi connectivity index (χ4v) is 3.60. The van der Waals surface area contributed by atoms with Crippen molar-refractivity contribution < 1.29 is 4.39 Å². The summed E-state index contributed by atoms with van der Waals surface area (Å²) in [5.74, 6) is 0.477. The van der Waals surface area contributed by atoms with Gasteiger partial charge < -0.3 is 5.73 Å². The van der Waals surface area contributed by atoms with Crippen LogP contribution in [0.25, 0.3) is 0 Å². The van der Waals surface area contributed by atoms with Crippen LogP contribution in [0.4, 0.5) is 4.39 Å². The van der Waals surface area contributed by atoms with Crippen LogP contribution in [0.5, 0.6) is 0 Å². The number of benzene rings is 1. The lowest BCUT2D eigenvalue weighted by atomic mass is 9.96. The van der Waals surface area contributed by atoms with Crippen molar-refractivity contribution in [1.82, 2.24) is 4.90 Å². The maximum Gasteiger partial charge on any atom is 0.141 e. The average molecular weight is 313 g/mol. The predicted octanol–water partition coefficient (Wildman–Crippen LogP) is 4.38. The zero-order chi connectivity index (χ0) is 15.2. The van der Waals surface area contributed by atoms with E-state index in [1.54, 1.807) is 6.07 Å². The van der Waals surface area contributed by atoms with Crippen molar-refractivity contribution in [3.63, 3.8) is 0 Å². The Morgan fingerprint density at radius 2 is 2.19 bits per heavy atom. The van der Waals surface area contributed by atoms with Crippen molar-refractivity contribution in [2.75, 3.05) is 19.6 Å². The largest absolute Gasteiger partial charge is 0.329 e. The van der Waals surface area contributed by atoms with Gasteiger partial charge in [0, 0.05) is 12.6 Å². The molecule has 0 bridgehead atoms. The molecule has 0 aromatic heterocycles. The van der Waals surface area contributed by atoms with Crippen molar-refractivity contribution in [1.29, 1.82) is 0 Å². The summed E-state index contributed by atoms with van der Waals surface area (Å²) in [6, 6.07) is 5.12. The molecular formula is C17H26ClFN2. The van der Waals surface area contributed by atoms with Gasteiger partial charge in [0.2, 0.25) is 0 Å². The Balaban J connectivity index is 2.08. The van der Waals surface area contributed by atoms with E-state index < -0.39 is 0 Å². The van der Waals surface area contributed by atoms with Crippen LogP contribution in [0.3, 0.4) is 0 Å². The van der Waals surface area contributed by atoms with E-state index in [0.29, 0.717) is 6.54 Å². The first-order valence-electron chi connectivity index (χ1n) is 8.04. The van der Waals surface area contributed by atoms with E-state index in [9.17, 15) is 4.39 Å². The number of halogens is 2. The standard InChI is InChI=1S/C17H26ClFN2/c1-2-4-13-5-3-9-21(10-8-13)17(12-20)14-6-7-16(19)15(18)11-14/h6-7,11,13,17H,2-5,8-10,12,20H2,1H3. The SMILES string of the molecule is CCCC1CCCN(C(CN)c2ccc(F)c(Cl)c2)CC1. The number of likely N-dealkylation sites (tertiary alicyclic amines) is 1. The molecule has 2 nitrogen and oxygen atoms in total. The third kappa shape index (κ3) is 4.41. The number of rotatable bonds is 5. The number of nitrogens with zero attached hydrogens (tertiary/aromatic N) is 1. The molecule has 118 valence electrons. The first-order valence-corrected chi connectivity index (χ1v) is 8.42. The van der Waals surface area contributed by atoms with E-state index in [1.807, 2.05) is 6.07 Å². The van der Waals surface area contributed by atoms with Crippen LogP contribution in [0, 0.1) is 11.7 Å². The molecule has 1 fully saturated rings.